The molecule has 0 spiro atoms. The van der Waals surface area contributed by atoms with Crippen LogP contribution >= 0.6 is 0 Å². The van der Waals surface area contributed by atoms with Gasteiger partial charge in [-0.25, -0.2) is 4.79 Å². The highest BCUT2D eigenvalue weighted by Crippen LogP contribution is 2.36. The predicted molar refractivity (Wildman–Crippen MR) is 70.8 cm³/mol. The summed E-state index contributed by atoms with van der Waals surface area (Å²) in [7, 11) is 3.12. The number of benzene rings is 1. The number of anilines is 1. The second-order valence-electron chi connectivity index (χ2n) is 4.65. The van der Waals surface area contributed by atoms with Crippen molar-refractivity contribution in [1.29, 1.82) is 0 Å². The molecule has 0 radical (unpaired) electrons. The molecule has 2 N–H and O–H groups in total. The Morgan fingerprint density at radius 2 is 2.16 bits per heavy atom. The molecule has 2 rings (SSSR count). The third-order valence-electron chi connectivity index (χ3n) is 3.16. The van der Waals surface area contributed by atoms with Gasteiger partial charge in [-0.2, -0.15) is 0 Å². The van der Waals surface area contributed by atoms with E-state index in [1.165, 1.54) is 4.90 Å². The first-order chi connectivity index (χ1) is 9.03. The molecule has 1 aliphatic heterocycles. The van der Waals surface area contributed by atoms with Crippen molar-refractivity contribution in [3.63, 3.8) is 0 Å². The molecule has 0 aliphatic carbocycles. The second-order valence-corrected chi connectivity index (χ2v) is 4.65. The van der Waals surface area contributed by atoms with Gasteiger partial charge in [0.25, 0.3) is 0 Å². The van der Waals surface area contributed by atoms with Crippen LogP contribution < -0.4 is 20.1 Å². The number of nitrogens with zero attached hydrogens (tertiary/aromatic N) is 1. The van der Waals surface area contributed by atoms with E-state index in [0.717, 1.165) is 0 Å². The van der Waals surface area contributed by atoms with Gasteiger partial charge < -0.3 is 19.9 Å². The lowest BCUT2D eigenvalue weighted by atomic mass is 10.1. The average molecular weight is 266 g/mol. The van der Waals surface area contributed by atoms with Gasteiger partial charge in [0.1, 0.15) is 17.1 Å². The first kappa shape index (κ1) is 13.5. The molecule has 1 amide bonds. The minimum absolute atomic E-state index is 0.272. The number of hydrogen-bond donors (Lipinski definition) is 1. The van der Waals surface area contributed by atoms with Gasteiger partial charge in [-0.1, -0.05) is 0 Å². The summed E-state index contributed by atoms with van der Waals surface area (Å²) in [5.74, 6) is 1.22. The predicted octanol–water partition coefficient (Wildman–Crippen LogP) is 1.38. The summed E-state index contributed by atoms with van der Waals surface area (Å²) in [5.41, 5.74) is 5.61. The number of nitrogens with two attached hydrogens (primary N) is 1. The highest BCUT2D eigenvalue weighted by molar-refractivity contribution is 5.92. The number of rotatable bonds is 4. The van der Waals surface area contributed by atoms with Crippen LogP contribution in [0, 0.1) is 0 Å². The van der Waals surface area contributed by atoms with Gasteiger partial charge in [0.15, 0.2) is 0 Å². The summed E-state index contributed by atoms with van der Waals surface area (Å²) >= 11 is 0. The average Bonchev–Trinajstić information content (AvgIpc) is 2.74. The number of carbonyl (C=O) groups excluding carboxylic acids is 1. The van der Waals surface area contributed by atoms with Crippen molar-refractivity contribution >= 4 is 11.8 Å². The molecule has 1 atom stereocenters. The Hall–Kier alpha value is -1.95. The lowest BCUT2D eigenvalue weighted by molar-refractivity contribution is 0.0789. The zero-order valence-electron chi connectivity index (χ0n) is 11.3. The van der Waals surface area contributed by atoms with Crippen LogP contribution in [0.2, 0.25) is 0 Å². The van der Waals surface area contributed by atoms with Gasteiger partial charge in [0.2, 0.25) is 0 Å². The summed E-state index contributed by atoms with van der Waals surface area (Å²) in [5, 5.41) is 0. The number of cyclic esters (lactones) is 1. The van der Waals surface area contributed by atoms with Gasteiger partial charge in [0, 0.05) is 12.6 Å². The number of carbonyl (C=O) groups is 1. The maximum Gasteiger partial charge on any atom is 0.415 e. The Bertz CT molecular complexity index is 492. The minimum atomic E-state index is -0.665. The Labute approximate surface area is 112 Å². The summed E-state index contributed by atoms with van der Waals surface area (Å²) in [4.78, 5) is 13.5. The van der Waals surface area contributed by atoms with Crippen LogP contribution in [0.15, 0.2) is 18.2 Å². The van der Waals surface area contributed by atoms with E-state index in [9.17, 15) is 4.79 Å². The number of ether oxygens (including phenoxy) is 3. The fourth-order valence-electron chi connectivity index (χ4n) is 1.99. The molecule has 1 unspecified atom stereocenters. The zero-order chi connectivity index (χ0) is 14.0. The number of methoxy groups -OCH3 is 2. The third-order valence-corrected chi connectivity index (χ3v) is 3.16. The highest BCUT2D eigenvalue weighted by atomic mass is 16.6. The van der Waals surface area contributed by atoms with Gasteiger partial charge in [-0.15, -0.1) is 0 Å². The summed E-state index contributed by atoms with van der Waals surface area (Å²) in [6.45, 7) is 2.47. The monoisotopic (exact) mass is 266 g/mol. The Morgan fingerprint density at radius 1 is 1.42 bits per heavy atom. The van der Waals surface area contributed by atoms with Crippen LogP contribution in [0.1, 0.15) is 6.92 Å². The first-order valence-electron chi connectivity index (χ1n) is 5.95. The quantitative estimate of drug-likeness (QED) is 0.891. The first-order valence-corrected chi connectivity index (χ1v) is 5.95. The molecule has 1 aromatic rings. The Balaban J connectivity index is 2.34. The standard InChI is InChI=1S/C13H18N2O4/c1-13(7-14)8-15(12(16)19-13)10-5-4-9(17-2)6-11(10)18-3/h4-6H,7-8,14H2,1-3H3. The number of amides is 1. The van der Waals surface area contributed by atoms with E-state index in [0.29, 0.717) is 23.7 Å². The van der Waals surface area contributed by atoms with Crippen molar-refractivity contribution < 1.29 is 19.0 Å². The molecule has 0 bridgehead atoms. The van der Waals surface area contributed by atoms with E-state index >= 15 is 0 Å². The zero-order valence-corrected chi connectivity index (χ0v) is 11.3. The van der Waals surface area contributed by atoms with Crippen LogP contribution in [0.4, 0.5) is 10.5 Å². The van der Waals surface area contributed by atoms with Crippen LogP contribution in [0.3, 0.4) is 0 Å². The van der Waals surface area contributed by atoms with Crippen molar-refractivity contribution in [2.45, 2.75) is 12.5 Å². The molecular formula is C13H18N2O4. The molecule has 1 fully saturated rings. The molecule has 6 nitrogen and oxygen atoms in total. The van der Waals surface area contributed by atoms with E-state index in [-0.39, 0.29) is 6.54 Å². The normalized spacial score (nSPS) is 22.3. The molecule has 1 saturated heterocycles. The largest absolute Gasteiger partial charge is 0.497 e. The molecule has 0 aromatic heterocycles. The number of hydrogen-bond acceptors (Lipinski definition) is 5. The summed E-state index contributed by atoms with van der Waals surface area (Å²) in [6, 6.07) is 5.26. The van der Waals surface area contributed by atoms with Gasteiger partial charge in [0.05, 0.1) is 26.5 Å². The minimum Gasteiger partial charge on any atom is -0.497 e. The van der Waals surface area contributed by atoms with Gasteiger partial charge in [-0.05, 0) is 19.1 Å². The molecule has 1 aliphatic rings. The van der Waals surface area contributed by atoms with Gasteiger partial charge in [-0.3, -0.25) is 4.90 Å². The van der Waals surface area contributed by atoms with Crippen LogP contribution in [-0.4, -0.2) is 39.0 Å². The molecule has 1 aromatic carbocycles. The highest BCUT2D eigenvalue weighted by Gasteiger charge is 2.42. The van der Waals surface area contributed by atoms with Gasteiger partial charge >= 0.3 is 6.09 Å². The van der Waals surface area contributed by atoms with E-state index in [2.05, 4.69) is 0 Å². The smallest absolute Gasteiger partial charge is 0.415 e. The van der Waals surface area contributed by atoms with Crippen molar-refractivity contribution in [3.05, 3.63) is 18.2 Å². The summed E-state index contributed by atoms with van der Waals surface area (Å²) in [6.07, 6.45) is -0.420. The van der Waals surface area contributed by atoms with Crippen molar-refractivity contribution in [2.24, 2.45) is 5.73 Å². The fourth-order valence-corrected chi connectivity index (χ4v) is 1.99. The van der Waals surface area contributed by atoms with E-state index < -0.39 is 11.7 Å². The van der Waals surface area contributed by atoms with Crippen LogP contribution in [0.5, 0.6) is 11.5 Å². The lowest BCUT2D eigenvalue weighted by Gasteiger charge is -2.20. The van der Waals surface area contributed by atoms with E-state index in [1.807, 2.05) is 0 Å². The van der Waals surface area contributed by atoms with Crippen LogP contribution in [-0.2, 0) is 4.74 Å². The SMILES string of the molecule is COc1ccc(N2CC(C)(CN)OC2=O)c(OC)c1. The molecule has 1 heterocycles. The van der Waals surface area contributed by atoms with Crippen molar-refractivity contribution in [1.82, 2.24) is 0 Å². The fraction of sp³-hybridized carbons (Fsp3) is 0.462. The van der Waals surface area contributed by atoms with E-state index in [4.69, 9.17) is 19.9 Å². The Morgan fingerprint density at radius 3 is 2.68 bits per heavy atom. The maximum atomic E-state index is 11.9. The molecular weight excluding hydrogens is 248 g/mol. The Kier molecular flexibility index (Phi) is 3.53. The molecule has 104 valence electrons. The second kappa shape index (κ2) is 4.97. The molecule has 6 heteroatoms. The molecule has 0 saturated carbocycles. The third kappa shape index (κ3) is 2.44. The lowest BCUT2D eigenvalue weighted by Crippen LogP contribution is -2.38. The van der Waals surface area contributed by atoms with Crippen molar-refractivity contribution in [2.75, 3.05) is 32.2 Å². The van der Waals surface area contributed by atoms with E-state index in [1.54, 1.807) is 39.3 Å². The van der Waals surface area contributed by atoms with Crippen LogP contribution in [0.25, 0.3) is 0 Å². The molecule has 19 heavy (non-hydrogen) atoms. The summed E-state index contributed by atoms with van der Waals surface area (Å²) < 4.78 is 15.7. The van der Waals surface area contributed by atoms with Crippen molar-refractivity contribution in [3.8, 4) is 11.5 Å². The maximum absolute atomic E-state index is 11.9. The topological polar surface area (TPSA) is 74.0 Å².